The van der Waals surface area contributed by atoms with Crippen LogP contribution in [0, 0.1) is 0 Å². The summed E-state index contributed by atoms with van der Waals surface area (Å²) in [6.07, 6.45) is 3.23. The highest BCUT2D eigenvalue weighted by molar-refractivity contribution is 9.10. The number of fused-ring (bicyclic) bond motifs is 1. The molecule has 0 saturated heterocycles. The molecule has 1 aromatic rings. The third-order valence-corrected chi connectivity index (χ3v) is 3.96. The minimum atomic E-state index is -2.00. The lowest BCUT2D eigenvalue weighted by atomic mass is 9.91. The number of benzene rings is 1. The summed E-state index contributed by atoms with van der Waals surface area (Å²) in [4.78, 5) is -0.585. The minimum absolute atomic E-state index is 0.00984. The second kappa shape index (κ2) is 3.59. The lowest BCUT2D eigenvalue weighted by Crippen LogP contribution is -2.36. The van der Waals surface area contributed by atoms with Gasteiger partial charge in [-0.05, 0) is 22.0 Å². The average Bonchev–Trinajstić information content (AvgIpc) is 2.17. The fourth-order valence-electron chi connectivity index (χ4n) is 1.53. The summed E-state index contributed by atoms with van der Waals surface area (Å²) in [6, 6.07) is 3.14. The summed E-state index contributed by atoms with van der Waals surface area (Å²) in [5.41, 5.74) is 0.706. The van der Waals surface area contributed by atoms with Gasteiger partial charge in [-0.15, -0.1) is 0 Å². The Bertz CT molecular complexity index is 441. The van der Waals surface area contributed by atoms with Crippen LogP contribution in [0.25, 0.3) is 6.08 Å². The Balaban J connectivity index is 2.70. The van der Waals surface area contributed by atoms with Gasteiger partial charge in [-0.25, -0.2) is 0 Å². The molecule has 1 unspecified atom stereocenters. The van der Waals surface area contributed by atoms with Gasteiger partial charge in [-0.3, -0.25) is 0 Å². The van der Waals surface area contributed by atoms with Crippen LogP contribution in [0.1, 0.15) is 11.1 Å². The van der Waals surface area contributed by atoms with Crippen LogP contribution in [0.15, 0.2) is 22.7 Å². The zero-order chi connectivity index (χ0) is 11.2. The number of aliphatic hydroxyl groups is 2. The molecule has 1 aliphatic rings. The van der Waals surface area contributed by atoms with E-state index in [1.807, 2.05) is 0 Å². The van der Waals surface area contributed by atoms with Crippen molar-refractivity contribution in [1.29, 1.82) is 0 Å². The van der Waals surface area contributed by atoms with Gasteiger partial charge < -0.3 is 15.3 Å². The normalized spacial score (nSPS) is 22.5. The number of alkyl halides is 1. The molecule has 1 atom stereocenters. The van der Waals surface area contributed by atoms with E-state index in [4.69, 9.17) is 0 Å². The molecule has 1 aromatic carbocycles. The molecule has 15 heavy (non-hydrogen) atoms. The number of halogens is 2. The Morgan fingerprint density at radius 1 is 1.27 bits per heavy atom. The second-order valence-corrected chi connectivity index (χ2v) is 5.19. The summed E-state index contributed by atoms with van der Waals surface area (Å²) in [5.74, 6) is -1.99. The van der Waals surface area contributed by atoms with Crippen LogP contribution in [0.4, 0.5) is 0 Å². The number of phenolic OH excluding ortho intramolecular Hbond substituents is 1. The molecular weight excluding hydrogens is 328 g/mol. The highest BCUT2D eigenvalue weighted by Crippen LogP contribution is 2.41. The first-order valence-electron chi connectivity index (χ1n) is 4.23. The van der Waals surface area contributed by atoms with Crippen LogP contribution in [-0.2, 0) is 5.79 Å². The van der Waals surface area contributed by atoms with Crippen molar-refractivity contribution in [2.45, 2.75) is 10.6 Å². The van der Waals surface area contributed by atoms with E-state index >= 15 is 0 Å². The van der Waals surface area contributed by atoms with Gasteiger partial charge in [0, 0.05) is 11.1 Å². The van der Waals surface area contributed by atoms with Gasteiger partial charge in [0.15, 0.2) is 0 Å². The average molecular weight is 336 g/mol. The molecule has 0 aliphatic heterocycles. The van der Waals surface area contributed by atoms with Crippen molar-refractivity contribution in [3.05, 3.63) is 33.8 Å². The largest absolute Gasteiger partial charge is 0.506 e. The molecule has 0 radical (unpaired) electrons. The third kappa shape index (κ3) is 1.63. The maximum absolute atomic E-state index is 9.84. The van der Waals surface area contributed by atoms with Gasteiger partial charge in [0.2, 0.25) is 5.79 Å². The monoisotopic (exact) mass is 334 g/mol. The van der Waals surface area contributed by atoms with Gasteiger partial charge in [-0.2, -0.15) is 0 Å². The maximum atomic E-state index is 9.84. The zero-order valence-electron chi connectivity index (χ0n) is 7.48. The van der Waals surface area contributed by atoms with Gasteiger partial charge >= 0.3 is 0 Å². The third-order valence-electron chi connectivity index (χ3n) is 2.38. The van der Waals surface area contributed by atoms with Crippen molar-refractivity contribution in [2.75, 3.05) is 0 Å². The molecule has 0 saturated carbocycles. The molecule has 0 fully saturated rings. The van der Waals surface area contributed by atoms with Crippen molar-refractivity contribution >= 4 is 37.9 Å². The highest BCUT2D eigenvalue weighted by Gasteiger charge is 2.38. The molecule has 0 amide bonds. The van der Waals surface area contributed by atoms with Gasteiger partial charge in [-0.1, -0.05) is 34.1 Å². The topological polar surface area (TPSA) is 60.7 Å². The molecule has 0 bridgehead atoms. The number of phenols is 1. The quantitative estimate of drug-likeness (QED) is 0.502. The summed E-state index contributed by atoms with van der Waals surface area (Å²) in [6.45, 7) is 0. The first-order valence-corrected chi connectivity index (χ1v) is 5.94. The van der Waals surface area contributed by atoms with Gasteiger partial charge in [0.1, 0.15) is 5.75 Å². The van der Waals surface area contributed by atoms with E-state index in [1.54, 1.807) is 24.3 Å². The standard InChI is InChI=1S/C10H8Br2O3/c11-7-3-2-6-5(9(7)13)1-4-8(12)10(6,14)15/h1-4,8,13-15H. The Morgan fingerprint density at radius 3 is 2.60 bits per heavy atom. The number of rotatable bonds is 0. The van der Waals surface area contributed by atoms with Crippen LogP contribution in [0.2, 0.25) is 0 Å². The van der Waals surface area contributed by atoms with Crippen LogP contribution in [0.5, 0.6) is 5.75 Å². The smallest absolute Gasteiger partial charge is 0.207 e. The highest BCUT2D eigenvalue weighted by atomic mass is 79.9. The molecule has 0 heterocycles. The molecule has 0 aromatic heterocycles. The van der Waals surface area contributed by atoms with E-state index in [1.165, 1.54) is 0 Å². The van der Waals surface area contributed by atoms with Crippen LogP contribution in [0.3, 0.4) is 0 Å². The van der Waals surface area contributed by atoms with Crippen molar-refractivity contribution in [2.24, 2.45) is 0 Å². The van der Waals surface area contributed by atoms with Crippen LogP contribution >= 0.6 is 31.9 Å². The van der Waals surface area contributed by atoms with Crippen molar-refractivity contribution in [1.82, 2.24) is 0 Å². The Morgan fingerprint density at radius 2 is 1.93 bits per heavy atom. The summed E-state index contributed by atoms with van der Waals surface area (Å²) in [5, 5.41) is 29.4. The van der Waals surface area contributed by atoms with Gasteiger partial charge in [0.05, 0.1) is 9.30 Å². The lowest BCUT2D eigenvalue weighted by Gasteiger charge is -2.30. The Hall–Kier alpha value is -0.360. The number of hydrogen-bond donors (Lipinski definition) is 3. The molecule has 3 N–H and O–H groups in total. The van der Waals surface area contributed by atoms with Crippen molar-refractivity contribution < 1.29 is 15.3 Å². The van der Waals surface area contributed by atoms with E-state index in [0.717, 1.165) is 0 Å². The predicted octanol–water partition coefficient (Wildman–Crippen LogP) is 2.08. The molecule has 80 valence electrons. The van der Waals surface area contributed by atoms with E-state index in [-0.39, 0.29) is 11.3 Å². The first kappa shape index (κ1) is 11.1. The van der Waals surface area contributed by atoms with Crippen LogP contribution < -0.4 is 0 Å². The molecule has 5 heteroatoms. The van der Waals surface area contributed by atoms with E-state index in [2.05, 4.69) is 31.9 Å². The van der Waals surface area contributed by atoms with Crippen molar-refractivity contribution in [3.8, 4) is 5.75 Å². The minimum Gasteiger partial charge on any atom is -0.506 e. The number of aromatic hydroxyl groups is 1. The SMILES string of the molecule is Oc1c(Br)ccc2c1C=CC(Br)C2(O)O. The van der Waals surface area contributed by atoms with E-state index in [0.29, 0.717) is 10.0 Å². The van der Waals surface area contributed by atoms with Crippen LogP contribution in [-0.4, -0.2) is 20.1 Å². The Kier molecular flexibility index (Phi) is 2.66. The fourth-order valence-corrected chi connectivity index (χ4v) is 2.28. The molecule has 0 spiro atoms. The number of hydrogen-bond acceptors (Lipinski definition) is 3. The van der Waals surface area contributed by atoms with Crippen molar-refractivity contribution in [3.63, 3.8) is 0 Å². The second-order valence-electron chi connectivity index (χ2n) is 3.34. The summed E-state index contributed by atoms with van der Waals surface area (Å²) in [7, 11) is 0. The zero-order valence-corrected chi connectivity index (χ0v) is 10.7. The predicted molar refractivity (Wildman–Crippen MR) is 63.7 cm³/mol. The van der Waals surface area contributed by atoms with Gasteiger partial charge in [0.25, 0.3) is 0 Å². The van der Waals surface area contributed by atoms with E-state index in [9.17, 15) is 15.3 Å². The molecule has 3 nitrogen and oxygen atoms in total. The summed E-state index contributed by atoms with van der Waals surface area (Å²) >= 11 is 6.31. The maximum Gasteiger partial charge on any atom is 0.207 e. The summed E-state index contributed by atoms with van der Waals surface area (Å²) < 4.78 is 0.523. The van der Waals surface area contributed by atoms with E-state index < -0.39 is 10.6 Å². The molecular formula is C10H8Br2O3. The Labute approximate surface area is 103 Å². The fraction of sp³-hybridized carbons (Fsp3) is 0.200. The lowest BCUT2D eigenvalue weighted by molar-refractivity contribution is -0.161. The first-order chi connectivity index (χ1) is 6.94. The molecule has 2 rings (SSSR count). The molecule has 1 aliphatic carbocycles.